The molecule has 0 radical (unpaired) electrons. The molecule has 0 aliphatic carbocycles. The van der Waals surface area contributed by atoms with E-state index in [9.17, 15) is 32.5 Å². The van der Waals surface area contributed by atoms with E-state index in [4.69, 9.17) is 6.42 Å². The third kappa shape index (κ3) is 7.71. The van der Waals surface area contributed by atoms with Crippen molar-refractivity contribution in [3.8, 4) is 12.3 Å². The number of benzene rings is 1. The van der Waals surface area contributed by atoms with Crippen molar-refractivity contribution in [2.75, 3.05) is 31.3 Å². The Hall–Kier alpha value is -4.95. The van der Waals surface area contributed by atoms with Gasteiger partial charge < -0.3 is 42.2 Å². The molecule has 0 saturated heterocycles. The lowest BCUT2D eigenvalue weighted by Crippen LogP contribution is -3.00. The molecule has 0 aliphatic rings. The first-order chi connectivity index (χ1) is 20.2. The lowest BCUT2D eigenvalue weighted by Gasteiger charge is -2.28. The van der Waals surface area contributed by atoms with Crippen LogP contribution in [0.4, 0.5) is 40.7 Å². The zero-order valence-corrected chi connectivity index (χ0v) is 24.9. The number of aromatic nitrogens is 5. The first-order valence-electron chi connectivity index (χ1n) is 12.4. The predicted molar refractivity (Wildman–Crippen MR) is 148 cm³/mol. The number of likely N-dealkylation sites (N-methyl/N-ethyl adjacent to an activating group) is 1. The fourth-order valence-electron chi connectivity index (χ4n) is 4.15. The van der Waals surface area contributed by atoms with Crippen LogP contribution in [0, 0.1) is 28.3 Å². The topological polar surface area (TPSA) is 141 Å². The van der Waals surface area contributed by atoms with Gasteiger partial charge in [-0.15, -0.1) is 6.42 Å². The van der Waals surface area contributed by atoms with E-state index in [0.29, 0.717) is 27.0 Å². The highest BCUT2D eigenvalue weighted by molar-refractivity contribution is 6.00. The number of anilines is 3. The van der Waals surface area contributed by atoms with Crippen LogP contribution in [0.15, 0.2) is 48.9 Å². The average Bonchev–Trinajstić information content (AvgIpc) is 3.25. The average molecular weight is 678 g/mol. The predicted octanol–water partition coefficient (Wildman–Crippen LogP) is 1.32. The molecule has 0 aliphatic heterocycles. The number of carbonyl (C=O) groups excluding carboxylic acids is 1. The van der Waals surface area contributed by atoms with Gasteiger partial charge in [-0.2, -0.15) is 13.2 Å². The van der Waals surface area contributed by atoms with Crippen LogP contribution in [0.1, 0.15) is 17.1 Å². The molecule has 2 N–H and O–H groups in total. The van der Waals surface area contributed by atoms with E-state index >= 15 is 0 Å². The minimum absolute atomic E-state index is 0. The third-order valence-electron chi connectivity index (χ3n) is 6.22. The summed E-state index contributed by atoms with van der Waals surface area (Å²) in [6.07, 6.45) is 5.91. The number of nitro groups is 1. The number of nitrogens with one attached hydrogen (secondary N) is 2. The summed E-state index contributed by atoms with van der Waals surface area (Å²) in [4.78, 5) is 38.7. The lowest BCUT2D eigenvalue weighted by atomic mass is 10.2. The molecular formula is C27H24BrF4N9O3. The number of rotatable bonds is 9. The number of alkyl halides is 3. The minimum Gasteiger partial charge on any atom is -1.00 e. The first-order valence-corrected chi connectivity index (χ1v) is 12.4. The van der Waals surface area contributed by atoms with Gasteiger partial charge in [-0.3, -0.25) is 9.36 Å². The van der Waals surface area contributed by atoms with Gasteiger partial charge in [0.25, 0.3) is 0 Å². The Balaban J connectivity index is 0.00000529. The number of terminal acetylenes is 1. The van der Waals surface area contributed by atoms with Gasteiger partial charge in [-0.25, -0.2) is 19.3 Å². The number of quaternary nitrogens is 1. The molecule has 230 valence electrons. The van der Waals surface area contributed by atoms with E-state index < -0.39 is 34.5 Å². The molecule has 1 amide bonds. The number of halogens is 5. The smallest absolute Gasteiger partial charge is 0.475 e. The second-order valence-corrected chi connectivity index (χ2v) is 9.96. The Morgan fingerprint density at radius 3 is 2.61 bits per heavy atom. The molecule has 17 heteroatoms. The molecule has 4 rings (SSSR count). The molecule has 3 aromatic heterocycles. The number of imidazole rings is 1. The lowest BCUT2D eigenvalue weighted by molar-refractivity contribution is -0.898. The fraction of sp³-hybridized carbons (Fsp3) is 0.222. The zero-order valence-electron chi connectivity index (χ0n) is 23.4. The number of hydrogen-bond acceptors (Lipinski definition) is 8. The summed E-state index contributed by atoms with van der Waals surface area (Å²) >= 11 is 0. The highest BCUT2D eigenvalue weighted by Crippen LogP contribution is 2.33. The van der Waals surface area contributed by atoms with Gasteiger partial charge >= 0.3 is 17.8 Å². The molecule has 44 heavy (non-hydrogen) atoms. The largest absolute Gasteiger partial charge is 1.00 e. The summed E-state index contributed by atoms with van der Waals surface area (Å²) in [6, 6.07) is 5.69. The zero-order chi connectivity index (χ0) is 31.5. The number of fused-ring (bicyclic) bond motifs is 1. The Bertz CT molecular complexity index is 1800. The maximum Gasteiger partial charge on any atom is 0.475 e. The molecule has 0 unspecified atom stereocenters. The van der Waals surface area contributed by atoms with E-state index in [1.54, 1.807) is 14.1 Å². The van der Waals surface area contributed by atoms with Crippen molar-refractivity contribution in [1.29, 1.82) is 0 Å². The van der Waals surface area contributed by atoms with Crippen molar-refractivity contribution >= 4 is 40.0 Å². The molecule has 12 nitrogen and oxygen atoms in total. The van der Waals surface area contributed by atoms with Crippen molar-refractivity contribution < 1.29 is 48.7 Å². The van der Waals surface area contributed by atoms with Crippen molar-refractivity contribution in [3.05, 3.63) is 82.0 Å². The summed E-state index contributed by atoms with van der Waals surface area (Å²) in [5.41, 5.74) is 0.799. The fourth-order valence-corrected chi connectivity index (χ4v) is 4.15. The normalized spacial score (nSPS) is 11.7. The number of nitrogens with zero attached hydrogens (tertiary/aromatic N) is 7. The van der Waals surface area contributed by atoms with Crippen LogP contribution in [0.3, 0.4) is 0 Å². The summed E-state index contributed by atoms with van der Waals surface area (Å²) < 4.78 is 54.2. The van der Waals surface area contributed by atoms with Gasteiger partial charge in [0.15, 0.2) is 5.69 Å². The van der Waals surface area contributed by atoms with Crippen LogP contribution >= 0.6 is 0 Å². The first kappa shape index (κ1) is 33.6. The van der Waals surface area contributed by atoms with Crippen LogP contribution in [0.25, 0.3) is 10.9 Å². The monoisotopic (exact) mass is 677 g/mol. The van der Waals surface area contributed by atoms with Crippen LogP contribution in [-0.4, -0.2) is 60.5 Å². The number of amides is 1. The number of hydrogen-bond donors (Lipinski definition) is 2. The van der Waals surface area contributed by atoms with Crippen LogP contribution in [0.2, 0.25) is 0 Å². The Labute approximate surface area is 258 Å². The van der Waals surface area contributed by atoms with Gasteiger partial charge in [0.2, 0.25) is 5.91 Å². The Morgan fingerprint density at radius 2 is 1.95 bits per heavy atom. The molecule has 3 heterocycles. The van der Waals surface area contributed by atoms with Gasteiger partial charge in [-0.1, -0.05) is 5.92 Å². The number of pyridine rings is 1. The Kier molecular flexibility index (Phi) is 10.0. The van der Waals surface area contributed by atoms with Crippen molar-refractivity contribution in [2.24, 2.45) is 7.05 Å². The van der Waals surface area contributed by atoms with Gasteiger partial charge in [0.05, 0.1) is 37.9 Å². The van der Waals surface area contributed by atoms with Crippen LogP contribution in [0.5, 0.6) is 0 Å². The van der Waals surface area contributed by atoms with E-state index in [1.807, 2.05) is 0 Å². The second kappa shape index (κ2) is 13.1. The van der Waals surface area contributed by atoms with E-state index in [-0.39, 0.29) is 51.6 Å². The molecule has 0 bridgehead atoms. The van der Waals surface area contributed by atoms with Gasteiger partial charge in [-0.05, 0) is 40.2 Å². The molecule has 0 fully saturated rings. The Morgan fingerprint density at radius 1 is 1.23 bits per heavy atom. The maximum atomic E-state index is 13.8. The number of carbonyl (C=O) groups is 1. The molecule has 4 aromatic rings. The van der Waals surface area contributed by atoms with Gasteiger partial charge in [0, 0.05) is 24.2 Å². The van der Waals surface area contributed by atoms with E-state index in [0.717, 1.165) is 7.05 Å². The summed E-state index contributed by atoms with van der Waals surface area (Å²) in [6.45, 7) is -0.0256. The molecule has 0 saturated carbocycles. The van der Waals surface area contributed by atoms with Crippen molar-refractivity contribution in [2.45, 2.75) is 12.7 Å². The van der Waals surface area contributed by atoms with E-state index in [2.05, 4.69) is 36.5 Å². The molecule has 0 atom stereocenters. The summed E-state index contributed by atoms with van der Waals surface area (Å²) in [7, 11) is 4.34. The van der Waals surface area contributed by atoms with Gasteiger partial charge in [0.1, 0.15) is 30.3 Å². The standard InChI is InChI=1S/C27H23F4N9O3.BrH/c1-5-16-11-17(8-9-19(16)28)35-24-18-12-22(32-13-20(18)33-15-34-24)36-23(41)7-6-10-40(3,4)14-21-25(39(42)43)37-26(38(21)2)27(29,30)31;/h1,6-9,11-13,15H,10,14H2,2-4H3,(H-,32,33,34,35,36,41);1H/b7-6+;. The van der Waals surface area contributed by atoms with Crippen LogP contribution in [-0.2, 0) is 24.6 Å². The van der Waals surface area contributed by atoms with E-state index in [1.165, 1.54) is 48.9 Å². The van der Waals surface area contributed by atoms with Crippen molar-refractivity contribution in [3.63, 3.8) is 0 Å². The summed E-state index contributed by atoms with van der Waals surface area (Å²) in [5, 5.41) is 17.5. The summed E-state index contributed by atoms with van der Waals surface area (Å²) in [5.74, 6) is -0.564. The molecule has 1 aromatic carbocycles. The molecular weight excluding hydrogens is 654 g/mol. The highest BCUT2D eigenvalue weighted by Gasteiger charge is 2.45. The minimum atomic E-state index is -4.86. The van der Waals surface area contributed by atoms with Crippen molar-refractivity contribution in [1.82, 2.24) is 24.5 Å². The maximum absolute atomic E-state index is 13.8. The van der Waals surface area contributed by atoms with Crippen LogP contribution < -0.4 is 27.6 Å². The SMILES string of the molecule is C#Cc1cc(Nc2ncnc3cnc(NC(=O)/C=C/C[N+](C)(C)Cc4c([N+](=O)[O-])nc(C(F)(F)F)n4C)cc23)ccc1F.[Br-]. The highest BCUT2D eigenvalue weighted by atomic mass is 79.9. The molecule has 0 spiro atoms. The quantitative estimate of drug-likeness (QED) is 0.0675. The second-order valence-electron chi connectivity index (χ2n) is 9.96. The third-order valence-corrected chi connectivity index (χ3v) is 6.22.